The van der Waals surface area contributed by atoms with E-state index >= 15 is 0 Å². The molecule has 0 aliphatic heterocycles. The van der Waals surface area contributed by atoms with Gasteiger partial charge in [-0.3, -0.25) is 0 Å². The molecule has 0 unspecified atom stereocenters. The smallest absolute Gasteiger partial charge is 0.135 e. The van der Waals surface area contributed by atoms with Crippen LogP contribution in [-0.2, 0) is 12.8 Å². The maximum absolute atomic E-state index is 5.36. The third kappa shape index (κ3) is 3.22. The zero-order valence-corrected chi connectivity index (χ0v) is 11.6. The van der Waals surface area contributed by atoms with E-state index in [9.17, 15) is 0 Å². The minimum Gasteiger partial charge on any atom is -0.496 e. The van der Waals surface area contributed by atoms with Crippen LogP contribution in [0.3, 0.4) is 0 Å². The van der Waals surface area contributed by atoms with Gasteiger partial charge < -0.3 is 10.1 Å². The summed E-state index contributed by atoms with van der Waals surface area (Å²) in [4.78, 5) is 9.06. The van der Waals surface area contributed by atoms with Crippen LogP contribution in [0.15, 0.2) is 30.3 Å². The van der Waals surface area contributed by atoms with E-state index in [-0.39, 0.29) is 0 Å². The molecule has 4 nitrogen and oxygen atoms in total. The Morgan fingerprint density at radius 1 is 1.21 bits per heavy atom. The fraction of sp³-hybridized carbons (Fsp3) is 0.333. The van der Waals surface area contributed by atoms with Gasteiger partial charge in [-0.2, -0.15) is 0 Å². The van der Waals surface area contributed by atoms with E-state index in [1.54, 1.807) is 7.11 Å². The second-order valence-corrected chi connectivity index (χ2v) is 4.25. The van der Waals surface area contributed by atoms with Crippen LogP contribution in [0.4, 0.5) is 5.82 Å². The number of methoxy groups -OCH3 is 1. The number of aromatic nitrogens is 2. The number of hydrogen-bond donors (Lipinski definition) is 1. The molecule has 0 bridgehead atoms. The van der Waals surface area contributed by atoms with Gasteiger partial charge >= 0.3 is 0 Å². The van der Waals surface area contributed by atoms with Gasteiger partial charge in [-0.15, -0.1) is 0 Å². The number of para-hydroxylation sites is 1. The summed E-state index contributed by atoms with van der Waals surface area (Å²) in [5.41, 5.74) is 2.14. The first-order chi connectivity index (χ1) is 9.26. The minimum absolute atomic E-state index is 0.673. The zero-order valence-electron chi connectivity index (χ0n) is 11.6. The molecule has 0 spiro atoms. The summed E-state index contributed by atoms with van der Waals surface area (Å²) in [7, 11) is 3.55. The summed E-state index contributed by atoms with van der Waals surface area (Å²) in [6.07, 6.45) is 1.57. The molecule has 0 fully saturated rings. The summed E-state index contributed by atoms with van der Waals surface area (Å²) in [6.45, 7) is 2.09. The van der Waals surface area contributed by atoms with Crippen molar-refractivity contribution in [3.63, 3.8) is 0 Å². The molecule has 0 aliphatic rings. The summed E-state index contributed by atoms with van der Waals surface area (Å²) < 4.78 is 5.36. The Labute approximate surface area is 113 Å². The van der Waals surface area contributed by atoms with Crippen molar-refractivity contribution in [2.24, 2.45) is 0 Å². The zero-order chi connectivity index (χ0) is 13.7. The van der Waals surface area contributed by atoms with Crippen LogP contribution >= 0.6 is 0 Å². The summed E-state index contributed by atoms with van der Waals surface area (Å²) >= 11 is 0. The van der Waals surface area contributed by atoms with E-state index in [1.165, 1.54) is 0 Å². The maximum atomic E-state index is 5.36. The summed E-state index contributed by atoms with van der Waals surface area (Å²) in [5.74, 6) is 2.55. The first-order valence-corrected chi connectivity index (χ1v) is 6.43. The van der Waals surface area contributed by atoms with Gasteiger partial charge in [-0.1, -0.05) is 25.1 Å². The van der Waals surface area contributed by atoms with Gasteiger partial charge in [0.2, 0.25) is 0 Å². The molecule has 0 amide bonds. The van der Waals surface area contributed by atoms with Crippen molar-refractivity contribution in [2.45, 2.75) is 19.8 Å². The third-order valence-corrected chi connectivity index (χ3v) is 2.98. The van der Waals surface area contributed by atoms with E-state index in [1.807, 2.05) is 37.4 Å². The lowest BCUT2D eigenvalue weighted by atomic mass is 10.1. The molecule has 0 saturated heterocycles. The molecule has 0 radical (unpaired) electrons. The van der Waals surface area contributed by atoms with Gasteiger partial charge in [-0.25, -0.2) is 9.97 Å². The van der Waals surface area contributed by atoms with Crippen molar-refractivity contribution in [3.05, 3.63) is 47.4 Å². The van der Waals surface area contributed by atoms with E-state index in [4.69, 9.17) is 4.74 Å². The van der Waals surface area contributed by atoms with E-state index < -0.39 is 0 Å². The fourth-order valence-electron chi connectivity index (χ4n) is 1.96. The highest BCUT2D eigenvalue weighted by Crippen LogP contribution is 2.20. The molecule has 1 N–H and O–H groups in total. The lowest BCUT2D eigenvalue weighted by Gasteiger charge is -2.09. The predicted molar refractivity (Wildman–Crippen MR) is 76.8 cm³/mol. The normalized spacial score (nSPS) is 10.3. The third-order valence-electron chi connectivity index (χ3n) is 2.98. The second kappa shape index (κ2) is 6.18. The lowest BCUT2D eigenvalue weighted by molar-refractivity contribution is 0.410. The van der Waals surface area contributed by atoms with Crippen LogP contribution in [0.25, 0.3) is 0 Å². The topological polar surface area (TPSA) is 47.0 Å². The number of nitrogens with one attached hydrogen (secondary N) is 1. The van der Waals surface area contributed by atoms with Crippen molar-refractivity contribution >= 4 is 5.82 Å². The Kier molecular flexibility index (Phi) is 4.34. The van der Waals surface area contributed by atoms with Crippen molar-refractivity contribution in [2.75, 3.05) is 19.5 Å². The monoisotopic (exact) mass is 257 g/mol. The average molecular weight is 257 g/mol. The molecular formula is C15H19N3O. The van der Waals surface area contributed by atoms with Gasteiger partial charge in [-0.05, 0) is 12.5 Å². The molecule has 2 rings (SSSR count). The van der Waals surface area contributed by atoms with E-state index in [0.29, 0.717) is 6.42 Å². The Hall–Kier alpha value is -2.10. The Morgan fingerprint density at radius 2 is 2.00 bits per heavy atom. The van der Waals surface area contributed by atoms with Crippen molar-refractivity contribution in [1.29, 1.82) is 0 Å². The summed E-state index contributed by atoms with van der Waals surface area (Å²) in [6, 6.07) is 9.94. The number of anilines is 1. The number of aryl methyl sites for hydroxylation is 1. The molecule has 4 heteroatoms. The molecule has 1 heterocycles. The van der Waals surface area contributed by atoms with Gasteiger partial charge in [0, 0.05) is 30.8 Å². The van der Waals surface area contributed by atoms with E-state index in [0.717, 1.165) is 35.1 Å². The largest absolute Gasteiger partial charge is 0.496 e. The Balaban J connectivity index is 2.32. The predicted octanol–water partition coefficient (Wildman–Crippen LogP) is 2.68. The van der Waals surface area contributed by atoms with Crippen LogP contribution in [0, 0.1) is 0 Å². The van der Waals surface area contributed by atoms with Crippen molar-refractivity contribution in [1.82, 2.24) is 9.97 Å². The first-order valence-electron chi connectivity index (χ1n) is 6.43. The molecule has 1 aromatic carbocycles. The number of ether oxygens (including phenoxy) is 1. The highest BCUT2D eigenvalue weighted by atomic mass is 16.5. The SMILES string of the molecule is CCc1cc(NC)nc(Cc2ccccc2OC)n1. The molecule has 0 aliphatic carbocycles. The molecular weight excluding hydrogens is 238 g/mol. The van der Waals surface area contributed by atoms with Gasteiger partial charge in [0.05, 0.1) is 7.11 Å². The van der Waals surface area contributed by atoms with Crippen LogP contribution < -0.4 is 10.1 Å². The average Bonchev–Trinajstić information content (AvgIpc) is 2.47. The Morgan fingerprint density at radius 3 is 2.68 bits per heavy atom. The van der Waals surface area contributed by atoms with Crippen LogP contribution in [0.2, 0.25) is 0 Å². The van der Waals surface area contributed by atoms with Gasteiger partial charge in [0.1, 0.15) is 17.4 Å². The van der Waals surface area contributed by atoms with Crippen LogP contribution in [-0.4, -0.2) is 24.1 Å². The molecule has 0 atom stereocenters. The first kappa shape index (κ1) is 13.3. The quantitative estimate of drug-likeness (QED) is 0.894. The van der Waals surface area contributed by atoms with Crippen LogP contribution in [0.5, 0.6) is 5.75 Å². The Bertz CT molecular complexity index is 533. The lowest BCUT2D eigenvalue weighted by Crippen LogP contribution is -2.04. The van der Waals surface area contributed by atoms with Crippen molar-refractivity contribution in [3.8, 4) is 5.75 Å². The van der Waals surface area contributed by atoms with Gasteiger partial charge in [0.25, 0.3) is 0 Å². The number of rotatable bonds is 5. The second-order valence-electron chi connectivity index (χ2n) is 4.25. The fourth-order valence-corrected chi connectivity index (χ4v) is 1.96. The van der Waals surface area contributed by atoms with E-state index in [2.05, 4.69) is 22.2 Å². The number of benzene rings is 1. The number of hydrogen-bond acceptors (Lipinski definition) is 4. The molecule has 100 valence electrons. The standard InChI is InChI=1S/C15H19N3O/c1-4-12-10-14(16-2)18-15(17-12)9-11-7-5-6-8-13(11)19-3/h5-8,10H,4,9H2,1-3H3,(H,16,17,18). The highest BCUT2D eigenvalue weighted by molar-refractivity contribution is 5.38. The van der Waals surface area contributed by atoms with Crippen LogP contribution in [0.1, 0.15) is 24.0 Å². The van der Waals surface area contributed by atoms with Gasteiger partial charge in [0.15, 0.2) is 0 Å². The molecule has 19 heavy (non-hydrogen) atoms. The molecule has 1 aromatic heterocycles. The number of nitrogens with zero attached hydrogens (tertiary/aromatic N) is 2. The molecule has 2 aromatic rings. The highest BCUT2D eigenvalue weighted by Gasteiger charge is 2.07. The minimum atomic E-state index is 0.673. The molecule has 0 saturated carbocycles. The maximum Gasteiger partial charge on any atom is 0.135 e. The van der Waals surface area contributed by atoms with Crippen molar-refractivity contribution < 1.29 is 4.74 Å². The summed E-state index contributed by atoms with van der Waals surface area (Å²) in [5, 5.41) is 3.07.